The molecule has 1 atom stereocenters. The van der Waals surface area contributed by atoms with Crippen LogP contribution < -0.4 is 9.62 Å². The molecule has 7 nitrogen and oxygen atoms in total. The fourth-order valence-electron chi connectivity index (χ4n) is 4.17. The van der Waals surface area contributed by atoms with Crippen LogP contribution in [0.25, 0.3) is 0 Å². The second kappa shape index (κ2) is 13.9. The van der Waals surface area contributed by atoms with Crippen LogP contribution in [-0.2, 0) is 32.6 Å². The fraction of sp³-hybridized carbons (Fsp3) is 0.310. The van der Waals surface area contributed by atoms with Crippen LogP contribution in [0.2, 0.25) is 10.0 Å². The van der Waals surface area contributed by atoms with Gasteiger partial charge in [-0.3, -0.25) is 13.9 Å². The Hall–Kier alpha value is -2.59. The lowest BCUT2D eigenvalue weighted by atomic mass is 10.0. The topological polar surface area (TPSA) is 86.8 Å². The van der Waals surface area contributed by atoms with Crippen LogP contribution in [0.5, 0.6) is 0 Å². The van der Waals surface area contributed by atoms with E-state index in [1.165, 1.54) is 4.90 Å². The van der Waals surface area contributed by atoms with Crippen molar-refractivity contribution in [3.8, 4) is 0 Å². The molecular formula is C29H32BrCl2N3O4S. The van der Waals surface area contributed by atoms with Crippen molar-refractivity contribution in [2.45, 2.75) is 45.8 Å². The summed E-state index contributed by atoms with van der Waals surface area (Å²) in [5.74, 6) is -0.917. The SMILES string of the molecule is Cc1cc(N(CC(=O)N(Cc2ccc(Cl)cc2Cl)C(Cc2ccccc2)C(=O)NC(C)C)S(C)(=O)=O)ccc1Br. The summed E-state index contributed by atoms with van der Waals surface area (Å²) in [7, 11) is -3.86. The van der Waals surface area contributed by atoms with Gasteiger partial charge in [-0.15, -0.1) is 0 Å². The van der Waals surface area contributed by atoms with E-state index in [1.54, 1.807) is 36.4 Å². The quantitative estimate of drug-likeness (QED) is 0.272. The lowest BCUT2D eigenvalue weighted by Gasteiger charge is -2.34. The molecule has 0 spiro atoms. The molecule has 214 valence electrons. The molecule has 3 rings (SSSR count). The van der Waals surface area contributed by atoms with Crippen LogP contribution in [0.15, 0.2) is 71.2 Å². The molecule has 0 aliphatic carbocycles. The summed E-state index contributed by atoms with van der Waals surface area (Å²) < 4.78 is 27.7. The van der Waals surface area contributed by atoms with E-state index in [0.717, 1.165) is 26.2 Å². The van der Waals surface area contributed by atoms with Gasteiger partial charge in [0, 0.05) is 33.5 Å². The van der Waals surface area contributed by atoms with Gasteiger partial charge in [-0.05, 0) is 67.8 Å². The van der Waals surface area contributed by atoms with Gasteiger partial charge < -0.3 is 10.2 Å². The van der Waals surface area contributed by atoms with Crippen LogP contribution in [0, 0.1) is 6.92 Å². The summed E-state index contributed by atoms with van der Waals surface area (Å²) in [6.07, 6.45) is 1.26. The van der Waals surface area contributed by atoms with Gasteiger partial charge in [0.25, 0.3) is 0 Å². The monoisotopic (exact) mass is 667 g/mol. The zero-order chi connectivity index (χ0) is 29.6. The molecule has 0 heterocycles. The average molecular weight is 669 g/mol. The highest BCUT2D eigenvalue weighted by atomic mass is 79.9. The predicted molar refractivity (Wildman–Crippen MR) is 165 cm³/mol. The summed E-state index contributed by atoms with van der Waals surface area (Å²) in [4.78, 5) is 29.1. The molecule has 0 saturated carbocycles. The molecule has 2 amide bonds. The van der Waals surface area contributed by atoms with E-state index < -0.39 is 28.5 Å². The van der Waals surface area contributed by atoms with Crippen molar-refractivity contribution in [1.82, 2.24) is 10.2 Å². The predicted octanol–water partition coefficient (Wildman–Crippen LogP) is 6.00. The van der Waals surface area contributed by atoms with Crippen LogP contribution in [-0.4, -0.2) is 50.0 Å². The summed E-state index contributed by atoms with van der Waals surface area (Å²) in [6, 6.07) is 18.2. The maximum atomic E-state index is 14.1. The van der Waals surface area contributed by atoms with E-state index in [9.17, 15) is 18.0 Å². The molecule has 0 fully saturated rings. The summed E-state index contributed by atoms with van der Waals surface area (Å²) in [6.45, 7) is 4.96. The molecule has 0 bridgehead atoms. The van der Waals surface area contributed by atoms with E-state index in [2.05, 4.69) is 21.2 Å². The first-order chi connectivity index (χ1) is 18.8. The smallest absolute Gasteiger partial charge is 0.244 e. The highest BCUT2D eigenvalue weighted by Gasteiger charge is 2.33. The van der Waals surface area contributed by atoms with Crippen molar-refractivity contribution in [3.63, 3.8) is 0 Å². The molecule has 0 saturated heterocycles. The van der Waals surface area contributed by atoms with Crippen molar-refractivity contribution >= 4 is 66.7 Å². The van der Waals surface area contributed by atoms with Crippen LogP contribution >= 0.6 is 39.1 Å². The molecule has 0 aliphatic rings. The first-order valence-electron chi connectivity index (χ1n) is 12.6. The number of hydrogen-bond acceptors (Lipinski definition) is 4. The highest BCUT2D eigenvalue weighted by molar-refractivity contribution is 9.10. The Morgan fingerprint density at radius 2 is 1.68 bits per heavy atom. The van der Waals surface area contributed by atoms with E-state index in [4.69, 9.17) is 23.2 Å². The Bertz CT molecular complexity index is 1470. The Labute approximate surface area is 254 Å². The standard InChI is InChI=1S/C29H32BrCl2N3O4S/c1-19(2)33-29(37)27(15-21-8-6-5-7-9-21)34(17-22-10-11-23(31)16-26(22)32)28(36)18-35(40(4,38)39)24-12-13-25(30)20(3)14-24/h5-14,16,19,27H,15,17-18H2,1-4H3,(H,33,37). The lowest BCUT2D eigenvalue weighted by Crippen LogP contribution is -2.54. The summed E-state index contributed by atoms with van der Waals surface area (Å²) in [5.41, 5.74) is 2.56. The summed E-state index contributed by atoms with van der Waals surface area (Å²) >= 11 is 16.0. The maximum absolute atomic E-state index is 14.1. The van der Waals surface area contributed by atoms with Crippen LogP contribution in [0.1, 0.15) is 30.5 Å². The minimum Gasteiger partial charge on any atom is -0.352 e. The van der Waals surface area contributed by atoms with Crippen molar-refractivity contribution in [1.29, 1.82) is 0 Å². The van der Waals surface area contributed by atoms with Gasteiger partial charge >= 0.3 is 0 Å². The highest BCUT2D eigenvalue weighted by Crippen LogP contribution is 2.27. The largest absolute Gasteiger partial charge is 0.352 e. The van der Waals surface area contributed by atoms with Crippen LogP contribution in [0.4, 0.5) is 5.69 Å². The molecule has 40 heavy (non-hydrogen) atoms. The number of rotatable bonds is 11. The average Bonchev–Trinajstić information content (AvgIpc) is 2.87. The first kappa shape index (κ1) is 31.9. The van der Waals surface area contributed by atoms with E-state index in [-0.39, 0.29) is 24.9 Å². The molecule has 0 radical (unpaired) electrons. The van der Waals surface area contributed by atoms with Crippen LogP contribution in [0.3, 0.4) is 0 Å². The number of carbonyl (C=O) groups excluding carboxylic acids is 2. The summed E-state index contributed by atoms with van der Waals surface area (Å²) in [5, 5.41) is 3.67. The number of amides is 2. The molecule has 3 aromatic rings. The second-order valence-electron chi connectivity index (χ2n) is 9.83. The van der Waals surface area contributed by atoms with Gasteiger partial charge in [0.1, 0.15) is 12.6 Å². The third kappa shape index (κ3) is 8.70. The number of nitrogens with zero attached hydrogens (tertiary/aromatic N) is 2. The van der Waals surface area contributed by atoms with E-state index in [0.29, 0.717) is 21.3 Å². The zero-order valence-electron chi connectivity index (χ0n) is 22.7. The number of sulfonamides is 1. The van der Waals surface area contributed by atoms with Gasteiger partial charge in [0.2, 0.25) is 21.8 Å². The molecule has 3 aromatic carbocycles. The normalized spacial score (nSPS) is 12.2. The molecular weight excluding hydrogens is 637 g/mol. The molecule has 0 aromatic heterocycles. The Morgan fingerprint density at radius 1 is 1.00 bits per heavy atom. The van der Waals surface area contributed by atoms with Gasteiger partial charge in [-0.1, -0.05) is 75.5 Å². The number of aryl methyl sites for hydroxylation is 1. The minimum absolute atomic E-state index is 0.0329. The third-order valence-corrected chi connectivity index (χ3v) is 8.78. The van der Waals surface area contributed by atoms with E-state index >= 15 is 0 Å². The lowest BCUT2D eigenvalue weighted by molar-refractivity contribution is -0.140. The van der Waals surface area contributed by atoms with Crippen molar-refractivity contribution < 1.29 is 18.0 Å². The number of carbonyl (C=O) groups is 2. The molecule has 1 unspecified atom stereocenters. The Morgan fingerprint density at radius 3 is 2.25 bits per heavy atom. The number of nitrogens with one attached hydrogen (secondary N) is 1. The van der Waals surface area contributed by atoms with Crippen molar-refractivity contribution in [2.75, 3.05) is 17.1 Å². The Kier molecular flexibility index (Phi) is 11.1. The zero-order valence-corrected chi connectivity index (χ0v) is 26.6. The van der Waals surface area contributed by atoms with Crippen molar-refractivity contribution in [2.24, 2.45) is 0 Å². The minimum atomic E-state index is -3.86. The second-order valence-corrected chi connectivity index (χ2v) is 13.4. The number of hydrogen-bond donors (Lipinski definition) is 1. The maximum Gasteiger partial charge on any atom is 0.244 e. The molecule has 1 N–H and O–H groups in total. The molecule has 11 heteroatoms. The number of halogens is 3. The number of benzene rings is 3. The van der Waals surface area contributed by atoms with Gasteiger partial charge in [-0.2, -0.15) is 0 Å². The fourth-order valence-corrected chi connectivity index (χ4v) is 5.72. The van der Waals surface area contributed by atoms with Gasteiger partial charge in [0.05, 0.1) is 11.9 Å². The van der Waals surface area contributed by atoms with Gasteiger partial charge in [-0.25, -0.2) is 8.42 Å². The number of anilines is 1. The van der Waals surface area contributed by atoms with Gasteiger partial charge in [0.15, 0.2) is 0 Å². The first-order valence-corrected chi connectivity index (χ1v) is 16.0. The van der Waals surface area contributed by atoms with Crippen molar-refractivity contribution in [3.05, 3.63) is 97.9 Å². The Balaban J connectivity index is 2.09. The van der Waals surface area contributed by atoms with E-state index in [1.807, 2.05) is 51.1 Å². The third-order valence-electron chi connectivity index (χ3n) is 6.17. The molecule has 0 aliphatic heterocycles.